The van der Waals surface area contributed by atoms with Crippen LogP contribution in [0.3, 0.4) is 0 Å². The van der Waals surface area contributed by atoms with Crippen LogP contribution in [0.2, 0.25) is 0 Å². The van der Waals surface area contributed by atoms with E-state index in [0.29, 0.717) is 33.3 Å². The maximum Gasteiger partial charge on any atom is 0.303 e. The highest BCUT2D eigenvalue weighted by atomic mass is 32.2. The van der Waals surface area contributed by atoms with Crippen molar-refractivity contribution in [2.75, 3.05) is 11.4 Å². The zero-order valence-corrected chi connectivity index (χ0v) is 17.5. The summed E-state index contributed by atoms with van der Waals surface area (Å²) >= 11 is 6.45. The molecule has 4 rings (SSSR count). The molecule has 0 unspecified atom stereocenters. The summed E-state index contributed by atoms with van der Waals surface area (Å²) in [7, 11) is 0. The number of para-hydroxylation sites is 1. The predicted octanol–water partition coefficient (Wildman–Crippen LogP) is 3.67. The second-order valence-electron chi connectivity index (χ2n) is 6.92. The quantitative estimate of drug-likeness (QED) is 0.548. The molecular weight excluding hydrogens is 420 g/mol. The molecule has 0 spiro atoms. The Morgan fingerprint density at radius 2 is 1.67 bits per heavy atom. The highest BCUT2D eigenvalue weighted by Gasteiger charge is 2.41. The number of thiocarbonyl (C=S) groups is 1. The van der Waals surface area contributed by atoms with E-state index in [1.807, 2.05) is 54.6 Å². The van der Waals surface area contributed by atoms with E-state index in [-0.39, 0.29) is 24.8 Å². The number of aliphatic carboxylic acids is 1. The Balaban J connectivity index is 1.67. The smallest absolute Gasteiger partial charge is 0.303 e. The topological polar surface area (TPSA) is 77.9 Å². The number of hydrogen-bond donors (Lipinski definition) is 1. The van der Waals surface area contributed by atoms with Gasteiger partial charge in [0, 0.05) is 18.5 Å². The summed E-state index contributed by atoms with van der Waals surface area (Å²) in [6.45, 7) is 0.621. The van der Waals surface area contributed by atoms with E-state index >= 15 is 0 Å². The molecule has 2 aromatic rings. The third-order valence-corrected chi connectivity index (χ3v) is 6.40. The van der Waals surface area contributed by atoms with E-state index in [1.54, 1.807) is 4.90 Å². The molecule has 0 atom stereocenters. The Kier molecular flexibility index (Phi) is 5.69. The maximum atomic E-state index is 13.4. The molecular formula is C22H18N2O4S2. The van der Waals surface area contributed by atoms with Crippen LogP contribution in [-0.2, 0) is 20.9 Å². The summed E-state index contributed by atoms with van der Waals surface area (Å²) in [5.74, 6) is -1.49. The molecule has 1 N–H and O–H groups in total. The number of anilines is 1. The van der Waals surface area contributed by atoms with Crippen molar-refractivity contribution in [2.24, 2.45) is 0 Å². The fourth-order valence-corrected chi connectivity index (χ4v) is 4.93. The van der Waals surface area contributed by atoms with Crippen LogP contribution >= 0.6 is 24.0 Å². The van der Waals surface area contributed by atoms with Crippen LogP contribution in [0.25, 0.3) is 5.57 Å². The molecule has 2 heterocycles. The van der Waals surface area contributed by atoms with Gasteiger partial charge >= 0.3 is 5.97 Å². The number of carbonyl (C=O) groups is 3. The molecule has 1 fully saturated rings. The predicted molar refractivity (Wildman–Crippen MR) is 120 cm³/mol. The van der Waals surface area contributed by atoms with Gasteiger partial charge < -0.3 is 10.0 Å². The molecule has 2 amide bonds. The normalized spacial score (nSPS) is 18.3. The van der Waals surface area contributed by atoms with Crippen molar-refractivity contribution in [3.8, 4) is 0 Å². The van der Waals surface area contributed by atoms with Gasteiger partial charge in [-0.25, -0.2) is 0 Å². The van der Waals surface area contributed by atoms with Crippen LogP contribution in [0.15, 0.2) is 59.5 Å². The van der Waals surface area contributed by atoms with E-state index in [9.17, 15) is 14.4 Å². The first-order valence-electron chi connectivity index (χ1n) is 9.42. The number of nitrogens with zero attached hydrogens (tertiary/aromatic N) is 2. The lowest BCUT2D eigenvalue weighted by Gasteiger charge is -2.17. The van der Waals surface area contributed by atoms with Gasteiger partial charge in [-0.1, -0.05) is 72.5 Å². The van der Waals surface area contributed by atoms with Crippen molar-refractivity contribution in [3.63, 3.8) is 0 Å². The monoisotopic (exact) mass is 438 g/mol. The van der Waals surface area contributed by atoms with Crippen molar-refractivity contribution in [2.45, 2.75) is 19.4 Å². The average molecular weight is 439 g/mol. The summed E-state index contributed by atoms with van der Waals surface area (Å²) in [6.07, 6.45) is 0.255. The van der Waals surface area contributed by atoms with E-state index in [2.05, 4.69) is 0 Å². The summed E-state index contributed by atoms with van der Waals surface area (Å²) in [6, 6.07) is 17.1. The van der Waals surface area contributed by atoms with Crippen LogP contribution in [0.4, 0.5) is 5.69 Å². The Labute approximate surface area is 183 Å². The number of amides is 2. The van der Waals surface area contributed by atoms with Crippen LogP contribution < -0.4 is 4.90 Å². The minimum absolute atomic E-state index is 0.0460. The average Bonchev–Trinajstić information content (AvgIpc) is 3.16. The first-order valence-corrected chi connectivity index (χ1v) is 10.6. The van der Waals surface area contributed by atoms with Crippen molar-refractivity contribution < 1.29 is 19.5 Å². The summed E-state index contributed by atoms with van der Waals surface area (Å²) < 4.78 is 0.347. The van der Waals surface area contributed by atoms with Gasteiger partial charge in [0.05, 0.1) is 22.7 Å². The maximum absolute atomic E-state index is 13.4. The Morgan fingerprint density at radius 1 is 0.967 bits per heavy atom. The fourth-order valence-electron chi connectivity index (χ4n) is 3.55. The second-order valence-corrected chi connectivity index (χ2v) is 8.56. The molecule has 8 heteroatoms. The first-order chi connectivity index (χ1) is 14.5. The number of carboxylic acids is 1. The molecule has 152 valence electrons. The molecule has 0 aliphatic carbocycles. The zero-order valence-electron chi connectivity index (χ0n) is 15.9. The van der Waals surface area contributed by atoms with Gasteiger partial charge in [0.2, 0.25) is 0 Å². The van der Waals surface area contributed by atoms with Gasteiger partial charge in [-0.15, -0.1) is 0 Å². The van der Waals surface area contributed by atoms with Gasteiger partial charge in [-0.3, -0.25) is 19.3 Å². The molecule has 0 radical (unpaired) electrons. The summed E-state index contributed by atoms with van der Waals surface area (Å²) in [5, 5.41) is 8.84. The van der Waals surface area contributed by atoms with Gasteiger partial charge in [-0.2, -0.15) is 0 Å². The van der Waals surface area contributed by atoms with Crippen molar-refractivity contribution in [1.29, 1.82) is 0 Å². The molecule has 0 aromatic heterocycles. The fraction of sp³-hybridized carbons (Fsp3) is 0.182. The second kappa shape index (κ2) is 8.41. The minimum Gasteiger partial charge on any atom is -0.481 e. The van der Waals surface area contributed by atoms with E-state index in [4.69, 9.17) is 17.3 Å². The van der Waals surface area contributed by atoms with Crippen molar-refractivity contribution in [1.82, 2.24) is 4.90 Å². The molecule has 6 nitrogen and oxygen atoms in total. The largest absolute Gasteiger partial charge is 0.481 e. The van der Waals surface area contributed by atoms with Gasteiger partial charge in [0.1, 0.15) is 4.32 Å². The SMILES string of the molecule is O=C(O)CCCN1C(=O)/C(=C2/C(=O)N(Cc3ccccc3)c3ccccc32)SC1=S. The van der Waals surface area contributed by atoms with Crippen molar-refractivity contribution in [3.05, 3.63) is 70.6 Å². The lowest BCUT2D eigenvalue weighted by molar-refractivity contribution is -0.137. The van der Waals surface area contributed by atoms with E-state index < -0.39 is 5.97 Å². The van der Waals surface area contributed by atoms with E-state index in [0.717, 1.165) is 23.0 Å². The lowest BCUT2D eigenvalue weighted by Crippen LogP contribution is -2.30. The van der Waals surface area contributed by atoms with Gasteiger partial charge in [0.15, 0.2) is 0 Å². The van der Waals surface area contributed by atoms with E-state index in [1.165, 1.54) is 4.90 Å². The van der Waals surface area contributed by atoms with Crippen LogP contribution in [0, 0.1) is 0 Å². The Hall–Kier alpha value is -2.97. The minimum atomic E-state index is -0.921. The number of carboxylic acid groups (broad SMARTS) is 1. The molecule has 0 saturated carbocycles. The Bertz CT molecular complexity index is 1080. The molecule has 0 bridgehead atoms. The highest BCUT2D eigenvalue weighted by molar-refractivity contribution is 8.26. The summed E-state index contributed by atoms with van der Waals surface area (Å²) in [4.78, 5) is 40.6. The first kappa shape index (κ1) is 20.3. The standard InChI is InChI=1S/C22H18N2O4S2/c25-17(26)11-6-12-23-21(28)19(30-22(23)29)18-15-9-4-5-10-16(15)24(20(18)27)13-14-7-2-1-3-8-14/h1-5,7-10H,6,11-13H2,(H,25,26)/b19-18-. The van der Waals surface area contributed by atoms with Crippen LogP contribution in [-0.4, -0.2) is 38.7 Å². The summed E-state index contributed by atoms with van der Waals surface area (Å²) in [5.41, 5.74) is 2.82. The highest BCUT2D eigenvalue weighted by Crippen LogP contribution is 2.45. The molecule has 30 heavy (non-hydrogen) atoms. The van der Waals surface area contributed by atoms with Crippen LogP contribution in [0.1, 0.15) is 24.0 Å². The zero-order chi connectivity index (χ0) is 21.3. The van der Waals surface area contributed by atoms with Gasteiger partial charge in [-0.05, 0) is 18.1 Å². The third-order valence-electron chi connectivity index (χ3n) is 4.96. The Morgan fingerprint density at radius 3 is 2.40 bits per heavy atom. The van der Waals surface area contributed by atoms with Crippen molar-refractivity contribution >= 4 is 57.3 Å². The number of thioether (sulfide) groups is 1. The molecule has 1 saturated heterocycles. The molecule has 2 aliphatic heterocycles. The number of benzene rings is 2. The number of carbonyl (C=O) groups excluding carboxylic acids is 2. The third kappa shape index (κ3) is 3.76. The molecule has 2 aromatic carbocycles. The number of hydrogen-bond acceptors (Lipinski definition) is 5. The van der Waals surface area contributed by atoms with Gasteiger partial charge in [0.25, 0.3) is 11.8 Å². The number of rotatable bonds is 6. The number of fused-ring (bicyclic) bond motifs is 1. The van der Waals surface area contributed by atoms with Crippen LogP contribution in [0.5, 0.6) is 0 Å². The lowest BCUT2D eigenvalue weighted by atomic mass is 10.1. The molecule has 2 aliphatic rings.